The third kappa shape index (κ3) is 2.51. The predicted molar refractivity (Wildman–Crippen MR) is 102 cm³/mol. The van der Waals surface area contributed by atoms with Crippen LogP contribution in [-0.2, 0) is 0 Å². The molecule has 1 aliphatic heterocycles. The maximum atomic E-state index is 13.1. The molecule has 0 saturated carbocycles. The lowest BCUT2D eigenvalue weighted by Gasteiger charge is -2.17. The number of benzene rings is 1. The van der Waals surface area contributed by atoms with Crippen molar-refractivity contribution in [2.75, 3.05) is 13.1 Å². The first-order valence-electron chi connectivity index (χ1n) is 8.90. The Morgan fingerprint density at radius 1 is 1.07 bits per heavy atom. The highest BCUT2D eigenvalue weighted by Crippen LogP contribution is 2.26. The predicted octanol–water partition coefficient (Wildman–Crippen LogP) is 2.36. The van der Waals surface area contributed by atoms with E-state index in [4.69, 9.17) is 0 Å². The Kier molecular flexibility index (Phi) is 3.53. The second kappa shape index (κ2) is 6.05. The van der Waals surface area contributed by atoms with Crippen molar-refractivity contribution in [3.8, 4) is 0 Å². The maximum absolute atomic E-state index is 13.1. The molecule has 5 rings (SSSR count). The maximum Gasteiger partial charge on any atom is 0.327 e. The second-order valence-electron chi connectivity index (χ2n) is 6.75. The second-order valence-corrected chi connectivity index (χ2v) is 6.75. The minimum Gasteiger partial charge on any atom is -0.335 e. The smallest absolute Gasteiger partial charge is 0.327 e. The van der Waals surface area contributed by atoms with Crippen molar-refractivity contribution < 1.29 is 4.79 Å². The van der Waals surface area contributed by atoms with Crippen LogP contribution in [0.4, 0.5) is 0 Å². The third-order valence-electron chi connectivity index (χ3n) is 5.17. The van der Waals surface area contributed by atoms with Crippen LogP contribution < -0.4 is 5.69 Å². The Hall–Kier alpha value is -3.48. The molecule has 7 heteroatoms. The number of rotatable bonds is 2. The quantitative estimate of drug-likeness (QED) is 0.595. The van der Waals surface area contributed by atoms with E-state index in [1.54, 1.807) is 27.9 Å². The van der Waals surface area contributed by atoms with Crippen molar-refractivity contribution >= 4 is 27.8 Å². The van der Waals surface area contributed by atoms with Gasteiger partial charge in [0.05, 0.1) is 11.6 Å². The van der Waals surface area contributed by atoms with E-state index >= 15 is 0 Å². The third-order valence-corrected chi connectivity index (χ3v) is 5.17. The van der Waals surface area contributed by atoms with Gasteiger partial charge < -0.3 is 9.88 Å². The lowest BCUT2D eigenvalue weighted by atomic mass is 10.1. The molecular formula is C20H17N5O2. The zero-order valence-corrected chi connectivity index (χ0v) is 14.5. The zero-order chi connectivity index (χ0) is 18.4. The Bertz CT molecular complexity index is 1220. The summed E-state index contributed by atoms with van der Waals surface area (Å²) in [5.74, 6) is -0.102. The van der Waals surface area contributed by atoms with Gasteiger partial charge in [-0.05, 0) is 30.0 Å². The SMILES string of the molecule is O=C(c1nccc2ccccc12)N1CC[C@@H](n2c(=O)[nH]c3cccnc32)C1. The molecule has 1 amide bonds. The van der Waals surface area contributed by atoms with Crippen LogP contribution in [0.2, 0.25) is 0 Å². The van der Waals surface area contributed by atoms with Gasteiger partial charge in [-0.15, -0.1) is 0 Å². The highest BCUT2D eigenvalue weighted by molar-refractivity contribution is 6.05. The number of imidazole rings is 1. The van der Waals surface area contributed by atoms with Gasteiger partial charge >= 0.3 is 5.69 Å². The van der Waals surface area contributed by atoms with E-state index in [9.17, 15) is 9.59 Å². The number of hydrogen-bond donors (Lipinski definition) is 1. The van der Waals surface area contributed by atoms with Crippen molar-refractivity contribution in [3.63, 3.8) is 0 Å². The van der Waals surface area contributed by atoms with Crippen molar-refractivity contribution in [1.29, 1.82) is 0 Å². The van der Waals surface area contributed by atoms with Crippen LogP contribution in [0, 0.1) is 0 Å². The number of nitrogens with one attached hydrogen (secondary N) is 1. The van der Waals surface area contributed by atoms with E-state index in [1.165, 1.54) is 0 Å². The summed E-state index contributed by atoms with van der Waals surface area (Å²) in [6.07, 6.45) is 4.04. The topological polar surface area (TPSA) is 83.9 Å². The number of amides is 1. The van der Waals surface area contributed by atoms with Crippen molar-refractivity contribution in [2.24, 2.45) is 0 Å². The number of carbonyl (C=O) groups is 1. The fourth-order valence-corrected chi connectivity index (χ4v) is 3.87. The van der Waals surface area contributed by atoms with Gasteiger partial charge in [0.15, 0.2) is 5.65 Å². The molecule has 0 unspecified atom stereocenters. The largest absolute Gasteiger partial charge is 0.335 e. The molecule has 4 heterocycles. The lowest BCUT2D eigenvalue weighted by molar-refractivity contribution is 0.0784. The summed E-state index contributed by atoms with van der Waals surface area (Å²) < 4.78 is 1.67. The number of fused-ring (bicyclic) bond motifs is 2. The number of aromatic nitrogens is 4. The molecule has 1 atom stereocenters. The fourth-order valence-electron chi connectivity index (χ4n) is 3.87. The van der Waals surface area contributed by atoms with E-state index in [2.05, 4.69) is 15.0 Å². The molecule has 3 aromatic heterocycles. The number of carbonyl (C=O) groups excluding carboxylic acids is 1. The monoisotopic (exact) mass is 359 g/mol. The normalized spacial score (nSPS) is 17.0. The van der Waals surface area contributed by atoms with E-state index < -0.39 is 0 Å². The van der Waals surface area contributed by atoms with Gasteiger partial charge in [0, 0.05) is 30.9 Å². The standard InChI is InChI=1S/C20H17N5O2/c26-19(17-15-5-2-1-4-13(15)7-10-21-17)24-11-8-14(12-24)25-18-16(23-20(25)27)6-3-9-22-18/h1-7,9-10,14H,8,11-12H2,(H,23,27)/t14-/m1/s1. The van der Waals surface area contributed by atoms with Gasteiger partial charge in [-0.3, -0.25) is 14.3 Å². The number of hydrogen-bond acceptors (Lipinski definition) is 4. The summed E-state index contributed by atoms with van der Waals surface area (Å²) in [5.41, 5.74) is 1.61. The Balaban J connectivity index is 1.47. The lowest BCUT2D eigenvalue weighted by Crippen LogP contribution is -2.31. The zero-order valence-electron chi connectivity index (χ0n) is 14.5. The molecule has 27 heavy (non-hydrogen) atoms. The molecular weight excluding hydrogens is 342 g/mol. The first kappa shape index (κ1) is 15.7. The van der Waals surface area contributed by atoms with E-state index in [0.717, 1.165) is 10.8 Å². The van der Waals surface area contributed by atoms with Crippen LogP contribution in [0.25, 0.3) is 21.9 Å². The molecule has 134 valence electrons. The van der Waals surface area contributed by atoms with Crippen molar-refractivity contribution in [1.82, 2.24) is 24.4 Å². The summed E-state index contributed by atoms with van der Waals surface area (Å²) in [7, 11) is 0. The van der Waals surface area contributed by atoms with E-state index in [1.807, 2.05) is 36.4 Å². The molecule has 0 bridgehead atoms. The van der Waals surface area contributed by atoms with Crippen LogP contribution in [0.5, 0.6) is 0 Å². The summed E-state index contributed by atoms with van der Waals surface area (Å²) in [6.45, 7) is 1.05. The number of likely N-dealkylation sites (tertiary alicyclic amines) is 1. The van der Waals surface area contributed by atoms with Crippen molar-refractivity contribution in [2.45, 2.75) is 12.5 Å². The number of pyridine rings is 2. The average molecular weight is 359 g/mol. The summed E-state index contributed by atoms with van der Waals surface area (Å²) in [6, 6.07) is 13.2. The molecule has 1 aromatic carbocycles. The van der Waals surface area contributed by atoms with Crippen LogP contribution in [0.15, 0.2) is 59.7 Å². The highest BCUT2D eigenvalue weighted by atomic mass is 16.2. The van der Waals surface area contributed by atoms with E-state index in [-0.39, 0.29) is 17.6 Å². The minimum absolute atomic E-state index is 0.0972. The first-order chi connectivity index (χ1) is 13.2. The molecule has 0 radical (unpaired) electrons. The molecule has 1 saturated heterocycles. The van der Waals surface area contributed by atoms with Crippen LogP contribution in [0.1, 0.15) is 23.0 Å². The van der Waals surface area contributed by atoms with Crippen molar-refractivity contribution in [3.05, 3.63) is 71.0 Å². The van der Waals surface area contributed by atoms with Gasteiger partial charge in [-0.25, -0.2) is 9.78 Å². The number of H-pyrrole nitrogens is 1. The average Bonchev–Trinajstić information content (AvgIpc) is 3.30. The molecule has 0 spiro atoms. The molecule has 0 aliphatic carbocycles. The number of aromatic amines is 1. The molecule has 7 nitrogen and oxygen atoms in total. The van der Waals surface area contributed by atoms with Gasteiger partial charge in [0.1, 0.15) is 5.69 Å². The number of nitrogens with zero attached hydrogens (tertiary/aromatic N) is 4. The minimum atomic E-state index is -0.189. The molecule has 1 N–H and O–H groups in total. The Morgan fingerprint density at radius 2 is 1.96 bits per heavy atom. The van der Waals surface area contributed by atoms with Crippen LogP contribution in [-0.4, -0.2) is 43.4 Å². The fraction of sp³-hybridized carbons (Fsp3) is 0.200. The summed E-state index contributed by atoms with van der Waals surface area (Å²) in [4.78, 5) is 38.7. The summed E-state index contributed by atoms with van der Waals surface area (Å²) in [5, 5.41) is 1.84. The molecule has 1 aliphatic rings. The Morgan fingerprint density at radius 3 is 2.89 bits per heavy atom. The van der Waals surface area contributed by atoms with Gasteiger partial charge in [0.2, 0.25) is 0 Å². The molecule has 4 aromatic rings. The van der Waals surface area contributed by atoms with Gasteiger partial charge in [0.25, 0.3) is 5.91 Å². The van der Waals surface area contributed by atoms with Crippen LogP contribution >= 0.6 is 0 Å². The van der Waals surface area contributed by atoms with Crippen LogP contribution in [0.3, 0.4) is 0 Å². The van der Waals surface area contributed by atoms with Gasteiger partial charge in [-0.2, -0.15) is 0 Å². The molecule has 1 fully saturated rings. The first-order valence-corrected chi connectivity index (χ1v) is 8.90. The highest BCUT2D eigenvalue weighted by Gasteiger charge is 2.31. The Labute approximate surface area is 154 Å². The summed E-state index contributed by atoms with van der Waals surface area (Å²) >= 11 is 0. The van der Waals surface area contributed by atoms with Gasteiger partial charge in [-0.1, -0.05) is 24.3 Å². The van der Waals surface area contributed by atoms with E-state index in [0.29, 0.717) is 36.4 Å².